The summed E-state index contributed by atoms with van der Waals surface area (Å²) in [4.78, 5) is 58.3. The molecule has 21 heteroatoms. The van der Waals surface area contributed by atoms with Crippen LogP contribution >= 0.6 is 23.0 Å². The molecule has 0 aromatic carbocycles. The summed E-state index contributed by atoms with van der Waals surface area (Å²) >= 11 is 0. The van der Waals surface area contributed by atoms with Gasteiger partial charge in [-0.15, -0.1) is 0 Å². The molecule has 0 spiro atoms. The molecule has 3 rings (SSSR count). The second kappa shape index (κ2) is 8.68. The highest BCUT2D eigenvalue weighted by atomic mass is 31.3. The highest BCUT2D eigenvalue weighted by Gasteiger charge is 2.53. The van der Waals surface area contributed by atoms with Crippen LogP contribution in [0.3, 0.4) is 0 Å². The molecule has 0 bridgehead atoms. The quantitative estimate of drug-likeness (QED) is 0.152. The lowest BCUT2D eigenvalue weighted by atomic mass is 10.1. The van der Waals surface area contributed by atoms with Gasteiger partial charge in [0.2, 0.25) is 12.2 Å². The Kier molecular flexibility index (Phi) is 6.81. The molecule has 180 valence electrons. The van der Waals surface area contributed by atoms with Crippen LogP contribution in [0.25, 0.3) is 11.2 Å². The number of hydrogen-bond donors (Lipinski definition) is 6. The first-order valence-corrected chi connectivity index (χ1v) is 13.5. The molecule has 11 N–H and O–H groups in total. The Morgan fingerprint density at radius 2 is 1.91 bits per heavy atom. The average Bonchev–Trinajstić information content (AvgIpc) is 3.12. The minimum absolute atomic E-state index is 0. The molecule has 0 radical (unpaired) electrons. The van der Waals surface area contributed by atoms with Crippen LogP contribution in [0, 0.1) is 0 Å². The highest BCUT2D eigenvalue weighted by molar-refractivity contribution is 7.73. The van der Waals surface area contributed by atoms with E-state index in [0.717, 1.165) is 6.33 Å². The fourth-order valence-electron chi connectivity index (χ4n) is 2.88. The van der Waals surface area contributed by atoms with E-state index in [1.165, 1.54) is 4.57 Å². The summed E-state index contributed by atoms with van der Waals surface area (Å²) in [5.74, 6) is -1.94. The van der Waals surface area contributed by atoms with Crippen molar-refractivity contribution < 1.29 is 58.5 Å². The van der Waals surface area contributed by atoms with Gasteiger partial charge in [0, 0.05) is 0 Å². The third-order valence-electron chi connectivity index (χ3n) is 4.13. The van der Waals surface area contributed by atoms with E-state index in [1.807, 2.05) is 0 Å². The number of fused-ring (bicyclic) bond motifs is 1. The summed E-state index contributed by atoms with van der Waals surface area (Å²) in [6.45, 7) is -0.855. The maximum atomic E-state index is 11.9. The lowest BCUT2D eigenvalue weighted by Crippen LogP contribution is -2.33. The summed E-state index contributed by atoms with van der Waals surface area (Å²) in [5, 5.41) is 16.2. The molecular formula is C11H21N5O13P3+3. The topological polar surface area (TPSA) is 295 Å². The van der Waals surface area contributed by atoms with E-state index in [4.69, 9.17) is 30.5 Å². The van der Waals surface area contributed by atoms with Crippen molar-refractivity contribution in [3.8, 4) is 0 Å². The minimum atomic E-state index is -5.31. The van der Waals surface area contributed by atoms with Gasteiger partial charge >= 0.3 is 24.4 Å². The smallest absolute Gasteiger partial charge is 0.435 e. The maximum Gasteiger partial charge on any atom is 1.00 e. The molecule has 0 aliphatic carbocycles. The first kappa shape index (κ1) is 25.1. The predicted octanol–water partition coefficient (Wildman–Crippen LogP) is -2.65. The van der Waals surface area contributed by atoms with Gasteiger partial charge in [0.15, 0.2) is 23.2 Å². The number of nitrogens with zero attached hydrogens (tertiary/aromatic N) is 3. The van der Waals surface area contributed by atoms with Gasteiger partial charge in [-0.3, -0.25) is 28.0 Å². The van der Waals surface area contributed by atoms with Crippen LogP contribution in [0.15, 0.2) is 11.1 Å². The maximum absolute atomic E-state index is 11.9. The number of rotatable bonds is 8. The van der Waals surface area contributed by atoms with E-state index >= 15 is 0 Å². The van der Waals surface area contributed by atoms with Crippen LogP contribution in [-0.2, 0) is 27.3 Å². The van der Waals surface area contributed by atoms with Crippen LogP contribution in [-0.4, -0.2) is 80.1 Å². The van der Waals surface area contributed by atoms with Crippen molar-refractivity contribution in [2.75, 3.05) is 18.2 Å². The van der Waals surface area contributed by atoms with Gasteiger partial charge in [-0.05, 0) is 0 Å². The molecule has 2 aromatic heterocycles. The average molecular weight is 524 g/mol. The fourth-order valence-corrected chi connectivity index (χ4v) is 7.23. The Labute approximate surface area is 178 Å². The summed E-state index contributed by atoms with van der Waals surface area (Å²) in [7, 11) is -15.6. The van der Waals surface area contributed by atoms with E-state index < -0.39 is 65.6 Å². The lowest BCUT2D eigenvalue weighted by Gasteiger charge is -2.18. The predicted molar refractivity (Wildman–Crippen MR) is 106 cm³/mol. The third kappa shape index (κ3) is 5.69. The number of nitrogens with two attached hydrogens (primary N) is 1. The zero-order valence-electron chi connectivity index (χ0n) is 16.7. The summed E-state index contributed by atoms with van der Waals surface area (Å²) in [6.07, 6.45) is -4.06. The van der Waals surface area contributed by atoms with Crippen molar-refractivity contribution in [2.24, 2.45) is 0 Å². The Balaban J connectivity index is 0.00000385. The van der Waals surface area contributed by atoms with Crippen LogP contribution in [0.4, 0.5) is 5.95 Å². The zero-order valence-corrected chi connectivity index (χ0v) is 18.4. The van der Waals surface area contributed by atoms with Gasteiger partial charge < -0.3 is 40.3 Å². The van der Waals surface area contributed by atoms with Gasteiger partial charge in [0.1, 0.15) is 0 Å². The number of phosphoric ester groups is 1. The number of anilines is 1. The molecule has 0 saturated carbocycles. The largest absolute Gasteiger partial charge is 1.00 e. The standard InChI is InChI=1S/C11H18N5O13P3/c12-11-14-8-5(9(19)15-11)13-2-16(8)10-7(18)6(17)4(28-10)1-27-32(25,26)29-31(23,24)3-30(20,21)22/h2,4,6-7,10,17-18H,1,3H2,(H,23,24)(H,25,26)(H2,20,21,22)(H3,12,14,15,19)/p+3/t4-,6-,7-,10-/m1/s1. The normalized spacial score (nSPS) is 27.9. The first-order chi connectivity index (χ1) is 14.6. The minimum Gasteiger partial charge on any atom is -0.435 e. The molecule has 32 heavy (non-hydrogen) atoms. The molecule has 1 aliphatic rings. The molecular weight excluding hydrogens is 503 g/mol. The monoisotopic (exact) mass is 524 g/mol. The fraction of sp³-hybridized carbons (Fsp3) is 0.545. The number of nitrogen functional groups attached to an aromatic ring is 1. The molecule has 1 saturated heterocycles. The van der Waals surface area contributed by atoms with Gasteiger partial charge in [-0.25, -0.2) is 13.9 Å². The van der Waals surface area contributed by atoms with Crippen molar-refractivity contribution in [1.82, 2.24) is 19.5 Å². The first-order valence-electron chi connectivity index (χ1n) is 8.44. The molecule has 2 unspecified atom stereocenters. The highest BCUT2D eigenvalue weighted by Crippen LogP contribution is 2.65. The van der Waals surface area contributed by atoms with E-state index in [0.29, 0.717) is 0 Å². The van der Waals surface area contributed by atoms with E-state index in [-0.39, 0.29) is 18.5 Å². The van der Waals surface area contributed by atoms with Crippen molar-refractivity contribution >= 4 is 40.1 Å². The van der Waals surface area contributed by atoms with Crippen LogP contribution in [0.5, 0.6) is 0 Å². The molecule has 1 aliphatic heterocycles. The van der Waals surface area contributed by atoms with Crippen LogP contribution < -0.4 is 11.3 Å². The number of ether oxygens (including phenoxy) is 1. The van der Waals surface area contributed by atoms with Crippen molar-refractivity contribution in [1.29, 1.82) is 0 Å². The second-order valence-corrected chi connectivity index (χ2v) is 12.3. The number of phosphoric acid groups is 1. The van der Waals surface area contributed by atoms with Gasteiger partial charge in [-0.1, -0.05) is 0 Å². The zero-order chi connectivity index (χ0) is 24.1. The Morgan fingerprint density at radius 1 is 1.25 bits per heavy atom. The van der Waals surface area contributed by atoms with Crippen molar-refractivity contribution in [2.45, 2.75) is 24.5 Å². The molecule has 6 atom stereocenters. The second-order valence-electron chi connectivity index (χ2n) is 6.68. The molecule has 1 fully saturated rings. The van der Waals surface area contributed by atoms with E-state index in [9.17, 15) is 28.3 Å². The summed E-state index contributed by atoms with van der Waals surface area (Å²) in [5.41, 5.74) is 4.73. The van der Waals surface area contributed by atoms with Crippen LogP contribution in [0.2, 0.25) is 0 Å². The van der Waals surface area contributed by atoms with E-state index in [1.54, 1.807) is 0 Å². The SMILES string of the molecule is Nc1nc2c(ncn2[C@@H]2O[C@H](COP(=O)(O)OP(=O)(O)CP(=O)(O)O)[C@@H]([OH2+])[C@H]2[OH2+])c(=O)[nH]1.[H+]. The van der Waals surface area contributed by atoms with Gasteiger partial charge in [-0.2, -0.15) is 4.98 Å². The van der Waals surface area contributed by atoms with Crippen molar-refractivity contribution in [3.63, 3.8) is 0 Å². The number of aromatic nitrogens is 4. The Bertz CT molecular complexity index is 1210. The number of nitrogens with one attached hydrogen (secondary N) is 1. The summed E-state index contributed by atoms with van der Waals surface area (Å²) in [6, 6.07) is 0. The number of imidazole rings is 1. The van der Waals surface area contributed by atoms with Crippen LogP contribution in [0.1, 0.15) is 7.65 Å². The van der Waals surface area contributed by atoms with Gasteiger partial charge in [0.25, 0.3) is 17.8 Å². The molecule has 0 amide bonds. The van der Waals surface area contributed by atoms with Crippen molar-refractivity contribution in [3.05, 3.63) is 16.7 Å². The molecule has 18 nitrogen and oxygen atoms in total. The van der Waals surface area contributed by atoms with Gasteiger partial charge in [0.05, 0.1) is 12.9 Å². The third-order valence-corrected chi connectivity index (χ3v) is 9.35. The summed E-state index contributed by atoms with van der Waals surface area (Å²) < 4.78 is 49.5. The van der Waals surface area contributed by atoms with E-state index in [2.05, 4.69) is 23.8 Å². The Morgan fingerprint density at radius 3 is 2.53 bits per heavy atom. The number of aromatic amines is 1. The lowest BCUT2D eigenvalue weighted by molar-refractivity contribution is -0.0501. The molecule has 3 heterocycles. The molecule has 2 aromatic rings. The number of hydrogen-bond acceptors (Lipinski definition) is 10. The number of H-pyrrole nitrogens is 1. The Hall–Kier alpha value is -1.52.